The first-order chi connectivity index (χ1) is 11.5. The molecular formula is C16H14F2N2O4. The van der Waals surface area contributed by atoms with E-state index in [-0.39, 0.29) is 17.3 Å². The Labute approximate surface area is 136 Å². The maximum absolute atomic E-state index is 12.0. The summed E-state index contributed by atoms with van der Waals surface area (Å²) in [6, 6.07) is 11.4. The summed E-state index contributed by atoms with van der Waals surface area (Å²) in [6.45, 7) is -2.53. The minimum Gasteiger partial charge on any atom is -0.435 e. The first-order valence-corrected chi connectivity index (χ1v) is 7.02. The van der Waals surface area contributed by atoms with E-state index in [1.807, 2.05) is 0 Å². The van der Waals surface area contributed by atoms with Crippen molar-refractivity contribution in [1.82, 2.24) is 5.32 Å². The summed E-state index contributed by atoms with van der Waals surface area (Å²) in [6.07, 6.45) is 0.508. The number of ether oxygens (including phenoxy) is 1. The van der Waals surface area contributed by atoms with Crippen LogP contribution < -0.4 is 10.1 Å². The SMILES string of the molecule is O=C(NCCc1ccc(OC(F)F)cc1)c1ccc([N+](=O)[O-])cc1. The molecule has 0 atom stereocenters. The van der Waals surface area contributed by atoms with Gasteiger partial charge >= 0.3 is 6.61 Å². The molecule has 126 valence electrons. The second-order valence-electron chi connectivity index (χ2n) is 4.83. The molecule has 2 rings (SSSR count). The molecule has 0 aromatic heterocycles. The van der Waals surface area contributed by atoms with E-state index in [2.05, 4.69) is 10.1 Å². The Hall–Kier alpha value is -3.03. The number of hydrogen-bond acceptors (Lipinski definition) is 4. The number of hydrogen-bond donors (Lipinski definition) is 1. The van der Waals surface area contributed by atoms with Crippen molar-refractivity contribution in [3.63, 3.8) is 0 Å². The fraction of sp³-hybridized carbons (Fsp3) is 0.188. The number of amides is 1. The van der Waals surface area contributed by atoms with Gasteiger partial charge in [0.2, 0.25) is 0 Å². The van der Waals surface area contributed by atoms with Gasteiger partial charge in [-0.15, -0.1) is 0 Å². The fourth-order valence-corrected chi connectivity index (χ4v) is 1.99. The minimum atomic E-state index is -2.86. The number of nitro benzene ring substituents is 1. The third-order valence-corrected chi connectivity index (χ3v) is 3.19. The molecule has 0 saturated heterocycles. The van der Waals surface area contributed by atoms with Crippen LogP contribution in [-0.4, -0.2) is 24.0 Å². The number of alkyl halides is 2. The van der Waals surface area contributed by atoms with Crippen LogP contribution in [0.5, 0.6) is 5.75 Å². The van der Waals surface area contributed by atoms with Crippen LogP contribution in [0.25, 0.3) is 0 Å². The summed E-state index contributed by atoms with van der Waals surface area (Å²) in [5.41, 5.74) is 1.08. The van der Waals surface area contributed by atoms with Gasteiger partial charge in [-0.3, -0.25) is 14.9 Å². The average molecular weight is 336 g/mol. The number of nitrogens with zero attached hydrogens (tertiary/aromatic N) is 1. The lowest BCUT2D eigenvalue weighted by atomic mass is 10.1. The molecule has 0 saturated carbocycles. The van der Waals surface area contributed by atoms with Gasteiger partial charge in [0.15, 0.2) is 0 Å². The molecule has 0 heterocycles. The number of carbonyl (C=O) groups excluding carboxylic acids is 1. The van der Waals surface area contributed by atoms with Gasteiger partial charge in [0, 0.05) is 24.2 Å². The monoisotopic (exact) mass is 336 g/mol. The van der Waals surface area contributed by atoms with E-state index in [1.54, 1.807) is 12.1 Å². The molecule has 0 spiro atoms. The Morgan fingerprint density at radius 2 is 1.75 bits per heavy atom. The zero-order valence-corrected chi connectivity index (χ0v) is 12.4. The second kappa shape index (κ2) is 8.00. The largest absolute Gasteiger partial charge is 0.435 e. The van der Waals surface area contributed by atoms with E-state index >= 15 is 0 Å². The van der Waals surface area contributed by atoms with Crippen LogP contribution >= 0.6 is 0 Å². The normalized spacial score (nSPS) is 10.5. The van der Waals surface area contributed by atoms with Crippen molar-refractivity contribution >= 4 is 11.6 Å². The van der Waals surface area contributed by atoms with Crippen molar-refractivity contribution in [1.29, 1.82) is 0 Å². The fourth-order valence-electron chi connectivity index (χ4n) is 1.99. The summed E-state index contributed by atoms with van der Waals surface area (Å²) >= 11 is 0. The predicted octanol–water partition coefficient (Wildman–Crippen LogP) is 3.17. The third-order valence-electron chi connectivity index (χ3n) is 3.19. The number of benzene rings is 2. The van der Waals surface area contributed by atoms with Crippen molar-refractivity contribution in [3.8, 4) is 5.75 Å². The lowest BCUT2D eigenvalue weighted by molar-refractivity contribution is -0.384. The quantitative estimate of drug-likeness (QED) is 0.622. The molecule has 2 aromatic rings. The zero-order valence-electron chi connectivity index (χ0n) is 12.4. The zero-order chi connectivity index (χ0) is 17.5. The molecular weight excluding hydrogens is 322 g/mol. The predicted molar refractivity (Wildman–Crippen MR) is 82.2 cm³/mol. The Kier molecular flexibility index (Phi) is 5.78. The van der Waals surface area contributed by atoms with E-state index in [9.17, 15) is 23.7 Å². The van der Waals surface area contributed by atoms with Crippen LogP contribution in [0.1, 0.15) is 15.9 Å². The molecule has 6 nitrogen and oxygen atoms in total. The summed E-state index contributed by atoms with van der Waals surface area (Å²) in [4.78, 5) is 21.9. The maximum Gasteiger partial charge on any atom is 0.387 e. The number of non-ortho nitro benzene ring substituents is 1. The summed E-state index contributed by atoms with van der Waals surface area (Å²) in [5.74, 6) is -0.272. The van der Waals surface area contributed by atoms with Gasteiger partial charge in [-0.05, 0) is 36.2 Å². The smallest absolute Gasteiger partial charge is 0.387 e. The highest BCUT2D eigenvalue weighted by Crippen LogP contribution is 2.15. The van der Waals surface area contributed by atoms with Crippen LogP contribution in [0.2, 0.25) is 0 Å². The van der Waals surface area contributed by atoms with Crippen molar-refractivity contribution in [2.24, 2.45) is 0 Å². The van der Waals surface area contributed by atoms with Crippen molar-refractivity contribution in [3.05, 3.63) is 69.8 Å². The van der Waals surface area contributed by atoms with Crippen molar-refractivity contribution in [2.45, 2.75) is 13.0 Å². The molecule has 0 fully saturated rings. The maximum atomic E-state index is 12.0. The van der Waals surface area contributed by atoms with Gasteiger partial charge < -0.3 is 10.1 Å². The van der Waals surface area contributed by atoms with E-state index in [1.165, 1.54) is 36.4 Å². The number of nitrogens with one attached hydrogen (secondary N) is 1. The minimum absolute atomic E-state index is 0.0728. The van der Waals surface area contributed by atoms with E-state index in [4.69, 9.17) is 0 Å². The van der Waals surface area contributed by atoms with Gasteiger partial charge in [-0.1, -0.05) is 12.1 Å². The lowest BCUT2D eigenvalue weighted by Gasteiger charge is -2.07. The van der Waals surface area contributed by atoms with E-state index < -0.39 is 11.5 Å². The Bertz CT molecular complexity index is 703. The van der Waals surface area contributed by atoms with Gasteiger partial charge in [-0.2, -0.15) is 8.78 Å². The van der Waals surface area contributed by atoms with Gasteiger partial charge in [0.25, 0.3) is 11.6 Å². The van der Waals surface area contributed by atoms with Gasteiger partial charge in [0.05, 0.1) is 4.92 Å². The summed E-state index contributed by atoms with van der Waals surface area (Å²) in [7, 11) is 0. The van der Waals surface area contributed by atoms with Gasteiger partial charge in [0.1, 0.15) is 5.75 Å². The van der Waals surface area contributed by atoms with E-state index in [0.717, 1.165) is 5.56 Å². The van der Waals surface area contributed by atoms with Crippen molar-refractivity contribution in [2.75, 3.05) is 6.54 Å². The molecule has 0 aliphatic heterocycles. The van der Waals surface area contributed by atoms with Crippen molar-refractivity contribution < 1.29 is 23.2 Å². The molecule has 8 heteroatoms. The molecule has 2 aromatic carbocycles. The Morgan fingerprint density at radius 1 is 1.12 bits per heavy atom. The molecule has 0 aliphatic carbocycles. The van der Waals surface area contributed by atoms with Crippen LogP contribution in [0.15, 0.2) is 48.5 Å². The molecule has 24 heavy (non-hydrogen) atoms. The highest BCUT2D eigenvalue weighted by atomic mass is 19.3. The van der Waals surface area contributed by atoms with Crippen LogP contribution in [0.3, 0.4) is 0 Å². The standard InChI is InChI=1S/C16H14F2N2O4/c17-16(18)24-14-7-1-11(2-8-14)9-10-19-15(21)12-3-5-13(6-4-12)20(22)23/h1-8,16H,9-10H2,(H,19,21). The number of rotatable bonds is 7. The highest BCUT2D eigenvalue weighted by Gasteiger charge is 2.09. The molecule has 0 aliphatic rings. The molecule has 0 bridgehead atoms. The van der Waals surface area contributed by atoms with E-state index in [0.29, 0.717) is 18.5 Å². The number of nitro groups is 1. The Balaban J connectivity index is 1.82. The second-order valence-corrected chi connectivity index (χ2v) is 4.83. The third kappa shape index (κ3) is 5.01. The molecule has 0 unspecified atom stereocenters. The van der Waals surface area contributed by atoms with Crippen LogP contribution in [0.4, 0.5) is 14.5 Å². The summed E-state index contributed by atoms with van der Waals surface area (Å²) < 4.78 is 28.3. The first-order valence-electron chi connectivity index (χ1n) is 7.02. The average Bonchev–Trinajstić information content (AvgIpc) is 2.56. The lowest BCUT2D eigenvalue weighted by Crippen LogP contribution is -2.25. The highest BCUT2D eigenvalue weighted by molar-refractivity contribution is 5.94. The first kappa shape index (κ1) is 17.3. The van der Waals surface area contributed by atoms with Gasteiger partial charge in [-0.25, -0.2) is 0 Å². The molecule has 1 N–H and O–H groups in total. The topological polar surface area (TPSA) is 81.5 Å². The van der Waals surface area contributed by atoms with Crippen LogP contribution in [0, 0.1) is 10.1 Å². The Morgan fingerprint density at radius 3 is 2.29 bits per heavy atom. The number of carbonyl (C=O) groups is 1. The number of halogens is 2. The van der Waals surface area contributed by atoms with Crippen LogP contribution in [-0.2, 0) is 6.42 Å². The summed E-state index contributed by atoms with van der Waals surface area (Å²) in [5, 5.41) is 13.2. The molecule has 1 amide bonds. The molecule has 0 radical (unpaired) electrons.